The Morgan fingerprint density at radius 2 is 0.985 bits per heavy atom. The summed E-state index contributed by atoms with van der Waals surface area (Å²) in [7, 11) is 0. The third kappa shape index (κ3) is 25.8. The molecule has 1 aliphatic rings. The minimum atomic E-state index is -1.80. The van der Waals surface area contributed by atoms with Gasteiger partial charge in [-0.1, -0.05) is 237 Å². The van der Waals surface area contributed by atoms with Crippen molar-refractivity contribution < 1.29 is 43.9 Å². The summed E-state index contributed by atoms with van der Waals surface area (Å²) in [4.78, 5) is 43.1. The standard InChI is InChI=1S/C53H95N3O9/c1-3-5-7-9-11-13-15-17-19-21-23-25-27-29-31-36-40-55(52(61)63-41-37-32-30-28-26-24-22-20-18-16-14-12-10-8-6-4-2)51-48(50(60)49(59)46(43-57)65-51)56(47(58)42-54)53(62)64-44-45-38-34-33-35-39-45/h33-35,38-39,46,48-51,57,59-60H,3-32,36-37,40-44,54H2,1-2H3/t46-,48-,49-,50-,51-/m1/s1. The molecule has 0 radical (unpaired) electrons. The van der Waals surface area contributed by atoms with Gasteiger partial charge in [-0.2, -0.15) is 0 Å². The molecular formula is C53H95N3O9. The molecule has 1 heterocycles. The maximum absolute atomic E-state index is 14.0. The number of hydrogen-bond donors (Lipinski definition) is 4. The zero-order valence-corrected chi connectivity index (χ0v) is 41.2. The predicted octanol–water partition coefficient (Wildman–Crippen LogP) is 11.9. The summed E-state index contributed by atoms with van der Waals surface area (Å²) in [5.74, 6) is -0.890. The van der Waals surface area contributed by atoms with Crippen LogP contribution < -0.4 is 5.73 Å². The maximum Gasteiger partial charge on any atom is 0.417 e. The van der Waals surface area contributed by atoms with Gasteiger partial charge in [-0.05, 0) is 18.4 Å². The fraction of sp³-hybridized carbons (Fsp3) is 0.830. The van der Waals surface area contributed by atoms with Crippen molar-refractivity contribution in [2.24, 2.45) is 5.73 Å². The normalized spacial score (nSPS) is 18.4. The molecule has 12 heteroatoms. The number of benzene rings is 1. The molecule has 1 saturated heterocycles. The van der Waals surface area contributed by atoms with Gasteiger partial charge in [0.05, 0.1) is 19.8 Å². The topological polar surface area (TPSA) is 172 Å². The molecule has 3 amide bonds. The fourth-order valence-electron chi connectivity index (χ4n) is 8.94. The van der Waals surface area contributed by atoms with Crippen molar-refractivity contribution in [2.45, 2.75) is 257 Å². The lowest BCUT2D eigenvalue weighted by Crippen LogP contribution is -2.70. The van der Waals surface area contributed by atoms with Crippen LogP contribution in [0.1, 0.15) is 225 Å². The van der Waals surface area contributed by atoms with Crippen LogP contribution in [-0.2, 0) is 25.6 Å². The highest BCUT2D eigenvalue weighted by Gasteiger charge is 2.53. The smallest absolute Gasteiger partial charge is 0.417 e. The molecule has 65 heavy (non-hydrogen) atoms. The molecule has 0 saturated carbocycles. The summed E-state index contributed by atoms with van der Waals surface area (Å²) in [6.07, 6.45) is 30.7. The van der Waals surface area contributed by atoms with E-state index in [0.717, 1.165) is 44.9 Å². The number of imide groups is 1. The van der Waals surface area contributed by atoms with E-state index in [2.05, 4.69) is 13.8 Å². The maximum atomic E-state index is 14.0. The zero-order valence-electron chi connectivity index (χ0n) is 41.2. The van der Waals surface area contributed by atoms with Crippen molar-refractivity contribution in [3.63, 3.8) is 0 Å². The highest BCUT2D eigenvalue weighted by Crippen LogP contribution is 2.30. The largest absolute Gasteiger partial charge is 0.449 e. The van der Waals surface area contributed by atoms with Crippen molar-refractivity contribution in [1.82, 2.24) is 9.80 Å². The number of unbranched alkanes of at least 4 members (excludes halogenated alkanes) is 30. The van der Waals surface area contributed by atoms with E-state index in [-0.39, 0.29) is 19.8 Å². The average molecular weight is 918 g/mol. The SMILES string of the molecule is CCCCCCCCCCCCCCCCCCOC(=O)N(CCCCCCCCCCCCCCCCCC)[C@@H]1O[C@H](CO)[C@@H](O)[C@H](O)[C@H]1N(C(=O)CN)C(=O)OCc1ccccc1. The molecule has 0 aromatic heterocycles. The number of nitrogens with two attached hydrogens (primary N) is 1. The first-order chi connectivity index (χ1) is 31.8. The number of carbonyl (C=O) groups excluding carboxylic acids is 3. The third-order valence-electron chi connectivity index (χ3n) is 13.0. The first kappa shape index (κ1) is 58.4. The number of ether oxygens (including phenoxy) is 3. The third-order valence-corrected chi connectivity index (χ3v) is 13.0. The number of amides is 3. The number of aliphatic hydroxyl groups excluding tert-OH is 3. The summed E-state index contributed by atoms with van der Waals surface area (Å²) in [6, 6.07) is 7.31. The number of aliphatic hydroxyl groups is 3. The number of rotatable bonds is 40. The van der Waals surface area contributed by atoms with Gasteiger partial charge < -0.3 is 35.3 Å². The van der Waals surface area contributed by atoms with Gasteiger partial charge in [0.1, 0.15) is 31.0 Å². The molecule has 0 unspecified atom stereocenters. The van der Waals surface area contributed by atoms with Crippen LogP contribution in [0.25, 0.3) is 0 Å². The van der Waals surface area contributed by atoms with Crippen molar-refractivity contribution in [1.29, 1.82) is 0 Å². The number of carbonyl (C=O) groups is 3. The summed E-state index contributed by atoms with van der Waals surface area (Å²) >= 11 is 0. The molecule has 2 rings (SSSR count). The molecule has 5 atom stereocenters. The van der Waals surface area contributed by atoms with E-state index in [1.807, 2.05) is 6.07 Å². The molecule has 0 bridgehead atoms. The molecule has 1 aliphatic heterocycles. The van der Waals surface area contributed by atoms with Crippen LogP contribution in [0.15, 0.2) is 30.3 Å². The lowest BCUT2D eigenvalue weighted by Gasteiger charge is -2.48. The van der Waals surface area contributed by atoms with Gasteiger partial charge in [0.25, 0.3) is 0 Å². The van der Waals surface area contributed by atoms with Crippen LogP contribution in [0, 0.1) is 0 Å². The van der Waals surface area contributed by atoms with E-state index in [0.29, 0.717) is 23.3 Å². The molecule has 12 nitrogen and oxygen atoms in total. The van der Waals surface area contributed by atoms with Crippen molar-refractivity contribution in [2.75, 3.05) is 26.3 Å². The van der Waals surface area contributed by atoms with Gasteiger partial charge in [-0.3, -0.25) is 9.69 Å². The molecule has 376 valence electrons. The fourth-order valence-corrected chi connectivity index (χ4v) is 8.94. The van der Waals surface area contributed by atoms with E-state index in [4.69, 9.17) is 19.9 Å². The zero-order chi connectivity index (χ0) is 47.2. The van der Waals surface area contributed by atoms with Gasteiger partial charge in [0, 0.05) is 6.54 Å². The molecule has 1 fully saturated rings. The molecule has 1 aromatic carbocycles. The Hall–Kier alpha value is -2.77. The second kappa shape index (κ2) is 39.2. The molecular weight excluding hydrogens is 823 g/mol. The molecule has 0 aliphatic carbocycles. The second-order valence-corrected chi connectivity index (χ2v) is 18.6. The van der Waals surface area contributed by atoms with Crippen LogP contribution >= 0.6 is 0 Å². The van der Waals surface area contributed by atoms with Gasteiger partial charge in [-0.15, -0.1) is 0 Å². The van der Waals surface area contributed by atoms with Crippen LogP contribution in [0.2, 0.25) is 0 Å². The van der Waals surface area contributed by atoms with E-state index >= 15 is 0 Å². The predicted molar refractivity (Wildman–Crippen MR) is 261 cm³/mol. The van der Waals surface area contributed by atoms with Crippen LogP contribution in [0.4, 0.5) is 9.59 Å². The van der Waals surface area contributed by atoms with Gasteiger partial charge in [-0.25, -0.2) is 14.5 Å². The first-order valence-corrected chi connectivity index (χ1v) is 26.6. The number of nitrogens with zero attached hydrogens (tertiary/aromatic N) is 2. The molecule has 0 spiro atoms. The van der Waals surface area contributed by atoms with E-state index < -0.39 is 61.8 Å². The minimum Gasteiger partial charge on any atom is -0.449 e. The molecule has 1 aromatic rings. The Bertz CT molecular complexity index is 1310. The highest BCUT2D eigenvalue weighted by molar-refractivity contribution is 5.93. The Kier molecular flexibility index (Phi) is 35.2. The van der Waals surface area contributed by atoms with Gasteiger partial charge >= 0.3 is 12.2 Å². The van der Waals surface area contributed by atoms with Crippen molar-refractivity contribution in [3.8, 4) is 0 Å². The van der Waals surface area contributed by atoms with E-state index in [1.54, 1.807) is 24.3 Å². The molecule has 5 N–H and O–H groups in total. The number of hydrogen-bond acceptors (Lipinski definition) is 10. The Morgan fingerprint density at radius 1 is 0.569 bits per heavy atom. The van der Waals surface area contributed by atoms with Crippen molar-refractivity contribution >= 4 is 18.1 Å². The quantitative estimate of drug-likeness (QED) is 0.0464. The summed E-state index contributed by atoms with van der Waals surface area (Å²) < 4.78 is 17.5. The highest BCUT2D eigenvalue weighted by atomic mass is 16.6. The monoisotopic (exact) mass is 918 g/mol. The first-order valence-electron chi connectivity index (χ1n) is 26.6. The lowest BCUT2D eigenvalue weighted by atomic mass is 9.94. The van der Waals surface area contributed by atoms with Gasteiger partial charge in [0.2, 0.25) is 5.91 Å². The van der Waals surface area contributed by atoms with E-state index in [9.17, 15) is 29.7 Å². The summed E-state index contributed by atoms with van der Waals surface area (Å²) in [5.41, 5.74) is 6.46. The second-order valence-electron chi connectivity index (χ2n) is 18.6. The van der Waals surface area contributed by atoms with Crippen LogP contribution in [0.5, 0.6) is 0 Å². The average Bonchev–Trinajstić information content (AvgIpc) is 3.32. The Labute approximate surface area is 395 Å². The Morgan fingerprint density at radius 3 is 1.40 bits per heavy atom. The minimum absolute atomic E-state index is 0.141. The summed E-state index contributed by atoms with van der Waals surface area (Å²) in [6.45, 7) is 3.37. The lowest BCUT2D eigenvalue weighted by molar-refractivity contribution is -0.240. The Balaban J connectivity index is 1.98. The van der Waals surface area contributed by atoms with Crippen molar-refractivity contribution in [3.05, 3.63) is 35.9 Å². The van der Waals surface area contributed by atoms with Crippen LogP contribution in [-0.4, -0.2) is 100 Å². The van der Waals surface area contributed by atoms with Crippen LogP contribution in [0.3, 0.4) is 0 Å². The van der Waals surface area contributed by atoms with E-state index in [1.165, 1.54) is 153 Å². The summed E-state index contributed by atoms with van der Waals surface area (Å²) in [5, 5.41) is 32.8. The van der Waals surface area contributed by atoms with Gasteiger partial charge in [0.15, 0.2) is 6.23 Å².